The van der Waals surface area contributed by atoms with Crippen molar-refractivity contribution in [2.45, 2.75) is 25.7 Å². The Bertz CT molecular complexity index is 862. The van der Waals surface area contributed by atoms with E-state index in [4.69, 9.17) is 4.74 Å². The fourth-order valence-corrected chi connectivity index (χ4v) is 3.35. The number of Topliss-reactive ketones (excluding diaryl/α,β-unsaturated/α-hetero) is 1. The molecule has 1 aromatic heterocycles. The lowest BCUT2D eigenvalue weighted by atomic mass is 9.88. The van der Waals surface area contributed by atoms with Gasteiger partial charge >= 0.3 is 0 Å². The summed E-state index contributed by atoms with van der Waals surface area (Å²) in [4.78, 5) is 28.2. The minimum Gasteiger partial charge on any atom is -0.497 e. The maximum atomic E-state index is 13.1. The first-order valence-electron chi connectivity index (χ1n) is 9.03. The van der Waals surface area contributed by atoms with Crippen LogP contribution in [0.15, 0.2) is 53.9 Å². The van der Waals surface area contributed by atoms with Crippen LogP contribution in [0, 0.1) is 5.92 Å². The van der Waals surface area contributed by atoms with Gasteiger partial charge in [0.25, 0.3) is 5.91 Å². The molecule has 1 amide bonds. The summed E-state index contributed by atoms with van der Waals surface area (Å²) in [6, 6.07) is 11.5. The Morgan fingerprint density at radius 1 is 1.23 bits per heavy atom. The highest BCUT2D eigenvalue weighted by atomic mass is 16.5. The predicted molar refractivity (Wildman–Crippen MR) is 98.0 cm³/mol. The molecular weight excluding hydrogens is 328 g/mol. The smallest absolute Gasteiger partial charge is 0.267 e. The Morgan fingerprint density at radius 2 is 2.00 bits per heavy atom. The van der Waals surface area contributed by atoms with Crippen LogP contribution in [0.5, 0.6) is 0 Å². The zero-order chi connectivity index (χ0) is 18.1. The van der Waals surface area contributed by atoms with E-state index in [-0.39, 0.29) is 17.6 Å². The number of ether oxygens (including phenoxy) is 1. The predicted octanol–water partition coefficient (Wildman–Crippen LogP) is 3.43. The number of hydrogen-bond acceptors (Lipinski definition) is 3. The van der Waals surface area contributed by atoms with Crippen molar-refractivity contribution < 1.29 is 14.3 Å². The summed E-state index contributed by atoms with van der Waals surface area (Å²) >= 11 is 0. The molecule has 5 nitrogen and oxygen atoms in total. The molecule has 26 heavy (non-hydrogen) atoms. The maximum Gasteiger partial charge on any atom is 0.267 e. The number of carbonyl (C=O) groups excluding carboxylic acids is 2. The van der Waals surface area contributed by atoms with Crippen molar-refractivity contribution in [2.75, 3.05) is 13.2 Å². The summed E-state index contributed by atoms with van der Waals surface area (Å²) in [7, 11) is 0. The Hall–Kier alpha value is -2.82. The molecule has 1 fully saturated rings. The molecule has 1 aliphatic carbocycles. The van der Waals surface area contributed by atoms with Gasteiger partial charge in [-0.2, -0.15) is 0 Å². The van der Waals surface area contributed by atoms with Gasteiger partial charge in [0.1, 0.15) is 11.5 Å². The Labute approximate surface area is 152 Å². The molecule has 2 aliphatic rings. The molecule has 1 aromatic carbocycles. The van der Waals surface area contributed by atoms with E-state index >= 15 is 0 Å². The molecule has 0 saturated heterocycles. The average Bonchev–Trinajstić information content (AvgIpc) is 3.21. The highest BCUT2D eigenvalue weighted by Gasteiger charge is 2.32. The van der Waals surface area contributed by atoms with Crippen LogP contribution >= 0.6 is 0 Å². The number of ketones is 1. The second-order valence-corrected chi connectivity index (χ2v) is 7.03. The van der Waals surface area contributed by atoms with Crippen LogP contribution in [0.2, 0.25) is 0 Å². The van der Waals surface area contributed by atoms with E-state index in [2.05, 4.69) is 10.3 Å². The van der Waals surface area contributed by atoms with Gasteiger partial charge in [-0.15, -0.1) is 0 Å². The van der Waals surface area contributed by atoms with Gasteiger partial charge in [-0.3, -0.25) is 9.59 Å². The average molecular weight is 350 g/mol. The molecule has 5 heteroatoms. The van der Waals surface area contributed by atoms with Crippen molar-refractivity contribution >= 4 is 11.7 Å². The van der Waals surface area contributed by atoms with Crippen LogP contribution < -0.4 is 5.32 Å². The molecule has 2 heterocycles. The molecule has 1 unspecified atom stereocenters. The van der Waals surface area contributed by atoms with Crippen LogP contribution in [-0.2, 0) is 4.74 Å². The fraction of sp³-hybridized carbons (Fsp3) is 0.333. The van der Waals surface area contributed by atoms with Crippen LogP contribution in [0.3, 0.4) is 0 Å². The number of aromatic nitrogens is 1. The Balaban J connectivity index is 1.53. The number of amides is 1. The van der Waals surface area contributed by atoms with Gasteiger partial charge in [-0.1, -0.05) is 30.3 Å². The van der Waals surface area contributed by atoms with Gasteiger partial charge in [-0.05, 0) is 37.3 Å². The third kappa shape index (κ3) is 3.29. The summed E-state index contributed by atoms with van der Waals surface area (Å²) in [5, 5.41) is 2.91. The zero-order valence-corrected chi connectivity index (χ0v) is 14.7. The molecular formula is C21H22N2O3. The molecule has 1 aliphatic heterocycles. The number of H-pyrrole nitrogens is 1. The normalized spacial score (nSPS) is 19.3. The zero-order valence-electron chi connectivity index (χ0n) is 14.7. The lowest BCUT2D eigenvalue weighted by Crippen LogP contribution is -2.25. The van der Waals surface area contributed by atoms with Crippen LogP contribution in [0.4, 0.5) is 0 Å². The number of hydrogen-bond donors (Lipinski definition) is 2. The molecule has 0 spiro atoms. The van der Waals surface area contributed by atoms with E-state index in [0.717, 1.165) is 5.56 Å². The number of nitrogens with one attached hydrogen (secondary N) is 2. The lowest BCUT2D eigenvalue weighted by Gasteiger charge is -2.11. The molecule has 0 radical (unpaired) electrons. The first-order valence-corrected chi connectivity index (χ1v) is 9.03. The van der Waals surface area contributed by atoms with E-state index in [1.54, 1.807) is 12.3 Å². The second kappa shape index (κ2) is 6.83. The van der Waals surface area contributed by atoms with Crippen LogP contribution in [0.25, 0.3) is 0 Å². The van der Waals surface area contributed by atoms with Gasteiger partial charge in [0.2, 0.25) is 0 Å². The SMILES string of the molecule is CC1=C(C(=O)c2c[nH]c(C(=O)NCC3CC3)c2)C(c2ccccc2)CO1. The van der Waals surface area contributed by atoms with Crippen LogP contribution in [0.1, 0.15) is 52.1 Å². The summed E-state index contributed by atoms with van der Waals surface area (Å²) < 4.78 is 5.67. The second-order valence-electron chi connectivity index (χ2n) is 7.03. The molecule has 0 bridgehead atoms. The minimum atomic E-state index is -0.163. The van der Waals surface area contributed by atoms with E-state index < -0.39 is 0 Å². The standard InChI is InChI=1S/C21H22N2O3/c1-13-19(17(12-26-13)15-5-3-2-4-6-15)20(24)16-9-18(22-11-16)21(25)23-10-14-7-8-14/h2-6,9,11,14,17,22H,7-8,10,12H2,1H3,(H,23,25). The van der Waals surface area contributed by atoms with E-state index in [1.807, 2.05) is 37.3 Å². The molecule has 2 N–H and O–H groups in total. The quantitative estimate of drug-likeness (QED) is 0.784. The van der Waals surface area contributed by atoms with Gasteiger partial charge in [0, 0.05) is 23.9 Å². The molecule has 1 saturated carbocycles. The first kappa shape index (κ1) is 16.6. The lowest BCUT2D eigenvalue weighted by molar-refractivity contribution is 0.0947. The number of carbonyl (C=O) groups is 2. The van der Waals surface area contributed by atoms with Crippen molar-refractivity contribution in [2.24, 2.45) is 5.92 Å². The van der Waals surface area contributed by atoms with Gasteiger partial charge in [0.05, 0.1) is 12.5 Å². The largest absolute Gasteiger partial charge is 0.497 e. The molecule has 1 atom stereocenters. The van der Waals surface area contributed by atoms with Crippen molar-refractivity contribution in [3.05, 3.63) is 70.7 Å². The fourth-order valence-electron chi connectivity index (χ4n) is 3.35. The van der Waals surface area contributed by atoms with E-state index in [0.29, 0.717) is 41.7 Å². The summed E-state index contributed by atoms with van der Waals surface area (Å²) in [5.41, 5.74) is 2.63. The van der Waals surface area contributed by atoms with E-state index in [9.17, 15) is 9.59 Å². The minimum absolute atomic E-state index is 0.0780. The molecule has 134 valence electrons. The van der Waals surface area contributed by atoms with Crippen molar-refractivity contribution in [3.8, 4) is 0 Å². The third-order valence-corrected chi connectivity index (χ3v) is 5.08. The maximum absolute atomic E-state index is 13.1. The van der Waals surface area contributed by atoms with Gasteiger partial charge < -0.3 is 15.0 Å². The first-order chi connectivity index (χ1) is 12.6. The molecule has 2 aromatic rings. The third-order valence-electron chi connectivity index (χ3n) is 5.08. The summed E-state index contributed by atoms with van der Waals surface area (Å²) in [5.74, 6) is 0.941. The molecule has 4 rings (SSSR count). The van der Waals surface area contributed by atoms with Gasteiger partial charge in [0.15, 0.2) is 5.78 Å². The highest BCUT2D eigenvalue weighted by Crippen LogP contribution is 2.36. The van der Waals surface area contributed by atoms with E-state index in [1.165, 1.54) is 12.8 Å². The van der Waals surface area contributed by atoms with Crippen molar-refractivity contribution in [1.29, 1.82) is 0 Å². The summed E-state index contributed by atoms with van der Waals surface area (Å²) in [6.45, 7) is 3.00. The Morgan fingerprint density at radius 3 is 2.73 bits per heavy atom. The van der Waals surface area contributed by atoms with Crippen molar-refractivity contribution in [3.63, 3.8) is 0 Å². The topological polar surface area (TPSA) is 71.2 Å². The summed E-state index contributed by atoms with van der Waals surface area (Å²) in [6.07, 6.45) is 3.97. The number of allylic oxidation sites excluding steroid dienone is 1. The monoisotopic (exact) mass is 350 g/mol. The van der Waals surface area contributed by atoms with Crippen LogP contribution in [-0.4, -0.2) is 29.8 Å². The number of rotatable bonds is 6. The Kier molecular flexibility index (Phi) is 4.37. The number of aromatic amines is 1. The van der Waals surface area contributed by atoms with Crippen molar-refractivity contribution in [1.82, 2.24) is 10.3 Å². The van der Waals surface area contributed by atoms with Gasteiger partial charge in [-0.25, -0.2) is 0 Å². The highest BCUT2D eigenvalue weighted by molar-refractivity contribution is 6.11. The number of benzene rings is 1.